The van der Waals surface area contributed by atoms with Crippen molar-refractivity contribution in [1.82, 2.24) is 10.3 Å². The van der Waals surface area contributed by atoms with Crippen molar-refractivity contribution in [3.63, 3.8) is 0 Å². The molecule has 1 aliphatic rings. The number of H-pyrrole nitrogens is 1. The quantitative estimate of drug-likeness (QED) is 0.630. The van der Waals surface area contributed by atoms with Crippen LogP contribution in [0.5, 0.6) is 0 Å². The summed E-state index contributed by atoms with van der Waals surface area (Å²) in [4.78, 5) is 14.0. The van der Waals surface area contributed by atoms with E-state index in [9.17, 15) is 9.18 Å². The molecule has 0 aliphatic heterocycles. The molecule has 0 radical (unpaired) electrons. The number of nitrogens with one attached hydrogen (secondary N) is 2. The zero-order chi connectivity index (χ0) is 18.6. The van der Waals surface area contributed by atoms with E-state index in [0.717, 1.165) is 56.1 Å². The molecule has 3 aromatic rings. The summed E-state index contributed by atoms with van der Waals surface area (Å²) in [5, 5.41) is 3.65. The molecule has 0 amide bonds. The molecule has 0 saturated heterocycles. The largest absolute Gasteiger partial charge is 0.417 e. The van der Waals surface area contributed by atoms with Gasteiger partial charge in [0.25, 0.3) is 0 Å². The van der Waals surface area contributed by atoms with Crippen LogP contribution in [0.2, 0.25) is 0 Å². The van der Waals surface area contributed by atoms with Crippen LogP contribution in [0.3, 0.4) is 0 Å². The van der Waals surface area contributed by atoms with Crippen LogP contribution in [0.1, 0.15) is 49.1 Å². The topological polar surface area (TPSA) is 58.0 Å². The van der Waals surface area contributed by atoms with E-state index in [-0.39, 0.29) is 5.82 Å². The summed E-state index contributed by atoms with van der Waals surface area (Å²) in [6.07, 6.45) is 6.51. The number of rotatable bonds is 6. The summed E-state index contributed by atoms with van der Waals surface area (Å²) < 4.78 is 18.4. The Hall–Kier alpha value is -2.40. The summed E-state index contributed by atoms with van der Waals surface area (Å²) >= 11 is 0. The Bertz CT molecular complexity index is 954. The van der Waals surface area contributed by atoms with Gasteiger partial charge in [0.05, 0.1) is 5.52 Å². The highest BCUT2D eigenvalue weighted by Gasteiger charge is 2.22. The van der Waals surface area contributed by atoms with Gasteiger partial charge in [-0.2, -0.15) is 0 Å². The van der Waals surface area contributed by atoms with Gasteiger partial charge in [0.15, 0.2) is 5.58 Å². The number of halogens is 1. The second-order valence-corrected chi connectivity index (χ2v) is 7.51. The Labute approximate surface area is 157 Å². The van der Waals surface area contributed by atoms with Crippen LogP contribution in [-0.4, -0.2) is 17.6 Å². The Morgan fingerprint density at radius 3 is 2.78 bits per heavy atom. The molecule has 4 nitrogen and oxygen atoms in total. The van der Waals surface area contributed by atoms with Crippen molar-refractivity contribution >= 4 is 11.1 Å². The lowest BCUT2D eigenvalue weighted by molar-refractivity contribution is 0.342. The first-order valence-electron chi connectivity index (χ1n) is 9.78. The molecule has 4 rings (SSSR count). The first-order chi connectivity index (χ1) is 13.2. The molecule has 1 fully saturated rings. The van der Waals surface area contributed by atoms with Crippen LogP contribution in [-0.2, 0) is 6.42 Å². The molecule has 1 aromatic heterocycles. The molecular formula is C22H25FN2O2. The van der Waals surface area contributed by atoms with E-state index < -0.39 is 5.76 Å². The number of aromatic amines is 1. The average Bonchev–Trinajstić information content (AvgIpc) is 3.05. The molecule has 1 saturated carbocycles. The number of hydrogen-bond donors (Lipinski definition) is 2. The fourth-order valence-electron chi connectivity index (χ4n) is 4.14. The normalized spacial score (nSPS) is 20.2. The summed E-state index contributed by atoms with van der Waals surface area (Å²) in [5.74, 6) is -0.0240. The van der Waals surface area contributed by atoms with E-state index in [2.05, 4.69) is 16.4 Å². The SMILES string of the molecule is O=c1[nH]c2ccc([C@H]3CC[C@H](NCCCc4cccc(F)c4)CC3)cc2o1. The highest BCUT2D eigenvalue weighted by molar-refractivity contribution is 5.72. The first kappa shape index (κ1) is 18.0. The molecule has 27 heavy (non-hydrogen) atoms. The van der Waals surface area contributed by atoms with Crippen molar-refractivity contribution in [3.8, 4) is 0 Å². The summed E-state index contributed by atoms with van der Waals surface area (Å²) in [6, 6.07) is 13.5. The molecule has 2 aromatic carbocycles. The Morgan fingerprint density at radius 2 is 1.96 bits per heavy atom. The monoisotopic (exact) mass is 368 g/mol. The average molecular weight is 368 g/mol. The Kier molecular flexibility index (Phi) is 5.39. The van der Waals surface area contributed by atoms with Gasteiger partial charge in [0, 0.05) is 6.04 Å². The molecule has 2 N–H and O–H groups in total. The van der Waals surface area contributed by atoms with Gasteiger partial charge in [-0.3, -0.25) is 4.98 Å². The van der Waals surface area contributed by atoms with E-state index >= 15 is 0 Å². The number of hydrogen-bond acceptors (Lipinski definition) is 3. The molecule has 0 bridgehead atoms. The number of benzene rings is 2. The predicted octanol–water partition coefficient (Wildman–Crippen LogP) is 4.51. The third kappa shape index (κ3) is 4.48. The summed E-state index contributed by atoms with van der Waals surface area (Å²) in [6.45, 7) is 0.965. The molecule has 0 unspecified atom stereocenters. The van der Waals surface area contributed by atoms with Crippen LogP contribution < -0.4 is 11.1 Å². The minimum Gasteiger partial charge on any atom is -0.408 e. The van der Waals surface area contributed by atoms with Gasteiger partial charge in [0.2, 0.25) is 0 Å². The standard InChI is InChI=1S/C22H25FN2O2/c23-18-5-1-3-15(13-18)4-2-12-24-19-9-6-16(7-10-19)17-8-11-20-21(14-17)27-22(26)25-20/h1,3,5,8,11,13-14,16,19,24H,2,4,6-7,9-10,12H2,(H,25,26)/t16-,19-. The van der Waals surface area contributed by atoms with Crippen molar-refractivity contribution in [2.45, 2.75) is 50.5 Å². The lowest BCUT2D eigenvalue weighted by atomic mass is 9.81. The fourth-order valence-corrected chi connectivity index (χ4v) is 4.14. The smallest absolute Gasteiger partial charge is 0.408 e. The van der Waals surface area contributed by atoms with Crippen molar-refractivity contribution in [1.29, 1.82) is 0 Å². The minimum atomic E-state index is -0.395. The number of aryl methyl sites for hydroxylation is 1. The second kappa shape index (κ2) is 8.09. The lowest BCUT2D eigenvalue weighted by Gasteiger charge is -2.29. The molecule has 0 atom stereocenters. The zero-order valence-electron chi connectivity index (χ0n) is 15.3. The van der Waals surface area contributed by atoms with E-state index in [1.165, 1.54) is 11.6 Å². The summed E-state index contributed by atoms with van der Waals surface area (Å²) in [5.41, 5.74) is 3.73. The maximum Gasteiger partial charge on any atom is 0.417 e. The summed E-state index contributed by atoms with van der Waals surface area (Å²) in [7, 11) is 0. The fraction of sp³-hybridized carbons (Fsp3) is 0.409. The van der Waals surface area contributed by atoms with Gasteiger partial charge in [-0.15, -0.1) is 0 Å². The van der Waals surface area contributed by atoms with Crippen molar-refractivity contribution in [2.75, 3.05) is 6.54 Å². The van der Waals surface area contributed by atoms with E-state index in [1.807, 2.05) is 18.2 Å². The molecule has 142 valence electrons. The van der Waals surface area contributed by atoms with E-state index in [0.29, 0.717) is 17.5 Å². The van der Waals surface area contributed by atoms with Gasteiger partial charge < -0.3 is 9.73 Å². The zero-order valence-corrected chi connectivity index (χ0v) is 15.3. The van der Waals surface area contributed by atoms with Gasteiger partial charge in [-0.25, -0.2) is 9.18 Å². The molecule has 0 spiro atoms. The van der Waals surface area contributed by atoms with Gasteiger partial charge >= 0.3 is 5.76 Å². The highest BCUT2D eigenvalue weighted by Crippen LogP contribution is 2.33. The maximum absolute atomic E-state index is 13.2. The third-order valence-electron chi connectivity index (χ3n) is 5.61. The third-order valence-corrected chi connectivity index (χ3v) is 5.61. The second-order valence-electron chi connectivity index (χ2n) is 7.51. The predicted molar refractivity (Wildman–Crippen MR) is 105 cm³/mol. The van der Waals surface area contributed by atoms with Gasteiger partial charge in [0.1, 0.15) is 5.82 Å². The number of oxazole rings is 1. The van der Waals surface area contributed by atoms with Crippen molar-refractivity contribution in [2.24, 2.45) is 0 Å². The van der Waals surface area contributed by atoms with E-state index in [4.69, 9.17) is 4.42 Å². The van der Waals surface area contributed by atoms with E-state index in [1.54, 1.807) is 12.1 Å². The maximum atomic E-state index is 13.2. The van der Waals surface area contributed by atoms with Crippen molar-refractivity contribution in [3.05, 3.63) is 70.0 Å². The van der Waals surface area contributed by atoms with Crippen LogP contribution >= 0.6 is 0 Å². The number of fused-ring (bicyclic) bond motifs is 1. The van der Waals surface area contributed by atoms with Crippen LogP contribution in [0, 0.1) is 5.82 Å². The van der Waals surface area contributed by atoms with Crippen LogP contribution in [0.15, 0.2) is 51.7 Å². The van der Waals surface area contributed by atoms with Crippen LogP contribution in [0.25, 0.3) is 11.1 Å². The molecule has 5 heteroatoms. The Morgan fingerprint density at radius 1 is 1.11 bits per heavy atom. The first-order valence-corrected chi connectivity index (χ1v) is 9.78. The molecular weight excluding hydrogens is 343 g/mol. The minimum absolute atomic E-state index is 0.157. The number of aromatic nitrogens is 1. The lowest BCUT2D eigenvalue weighted by Crippen LogP contribution is -2.33. The molecule has 1 aliphatic carbocycles. The van der Waals surface area contributed by atoms with Gasteiger partial charge in [-0.1, -0.05) is 18.2 Å². The Balaban J connectivity index is 1.23. The highest BCUT2D eigenvalue weighted by atomic mass is 19.1. The van der Waals surface area contributed by atoms with Gasteiger partial charge in [-0.05, 0) is 86.4 Å². The molecule has 1 heterocycles. The van der Waals surface area contributed by atoms with Crippen molar-refractivity contribution < 1.29 is 8.81 Å². The van der Waals surface area contributed by atoms with Crippen LogP contribution in [0.4, 0.5) is 4.39 Å².